The van der Waals surface area contributed by atoms with E-state index < -0.39 is 0 Å². The molecule has 0 radical (unpaired) electrons. The zero-order valence-electron chi connectivity index (χ0n) is 15.8. The van der Waals surface area contributed by atoms with Crippen molar-refractivity contribution in [1.82, 2.24) is 4.90 Å². The highest BCUT2D eigenvalue weighted by molar-refractivity contribution is 5.87. The molecule has 0 atom stereocenters. The fraction of sp³-hybridized carbons (Fsp3) is 0.318. The number of hydrogen-bond donors (Lipinski definition) is 0. The Morgan fingerprint density at radius 1 is 0.857 bits per heavy atom. The van der Waals surface area contributed by atoms with Crippen LogP contribution in [-0.2, 0) is 0 Å². The SMILES string of the molecule is CN1CCN(c2ccc3cc(-c4ccc5c(c4)OCCO5)oc(=O)c3c2)CC1. The lowest BCUT2D eigenvalue weighted by Gasteiger charge is -2.34. The molecule has 2 aliphatic heterocycles. The van der Waals surface area contributed by atoms with Gasteiger partial charge in [0.15, 0.2) is 11.5 Å². The number of rotatable bonds is 2. The molecule has 6 heteroatoms. The molecule has 0 spiro atoms. The molecule has 28 heavy (non-hydrogen) atoms. The third-order valence-corrected chi connectivity index (χ3v) is 5.44. The van der Waals surface area contributed by atoms with Crippen molar-refractivity contribution in [2.45, 2.75) is 0 Å². The Hall–Kier alpha value is -2.99. The molecular formula is C22H22N2O4. The zero-order chi connectivity index (χ0) is 19.1. The quantitative estimate of drug-likeness (QED) is 0.683. The van der Waals surface area contributed by atoms with Crippen molar-refractivity contribution in [1.29, 1.82) is 0 Å². The topological polar surface area (TPSA) is 55.1 Å². The van der Waals surface area contributed by atoms with E-state index in [1.54, 1.807) is 0 Å². The predicted molar refractivity (Wildman–Crippen MR) is 109 cm³/mol. The molecule has 0 saturated carbocycles. The Morgan fingerprint density at radius 2 is 1.64 bits per heavy atom. The summed E-state index contributed by atoms with van der Waals surface area (Å²) in [5.74, 6) is 1.92. The van der Waals surface area contributed by atoms with Gasteiger partial charge in [-0.25, -0.2) is 4.79 Å². The summed E-state index contributed by atoms with van der Waals surface area (Å²) in [6.45, 7) is 5.04. The molecule has 2 aliphatic rings. The molecule has 0 N–H and O–H groups in total. The Bertz CT molecular complexity index is 1080. The van der Waals surface area contributed by atoms with Crippen LogP contribution in [0.15, 0.2) is 51.7 Å². The minimum atomic E-state index is -0.321. The van der Waals surface area contributed by atoms with Crippen molar-refractivity contribution in [3.8, 4) is 22.8 Å². The summed E-state index contributed by atoms with van der Waals surface area (Å²) in [5, 5.41) is 1.48. The van der Waals surface area contributed by atoms with E-state index in [1.165, 1.54) is 0 Å². The smallest absolute Gasteiger partial charge is 0.344 e. The van der Waals surface area contributed by atoms with Crippen LogP contribution >= 0.6 is 0 Å². The van der Waals surface area contributed by atoms with E-state index in [4.69, 9.17) is 13.9 Å². The zero-order valence-corrected chi connectivity index (χ0v) is 15.8. The highest BCUT2D eigenvalue weighted by atomic mass is 16.6. The molecule has 1 fully saturated rings. The van der Waals surface area contributed by atoms with Crippen LogP contribution in [0.3, 0.4) is 0 Å². The lowest BCUT2D eigenvalue weighted by Crippen LogP contribution is -2.44. The largest absolute Gasteiger partial charge is 0.486 e. The molecule has 1 aromatic heterocycles. The second kappa shape index (κ2) is 6.87. The highest BCUT2D eigenvalue weighted by Gasteiger charge is 2.17. The first kappa shape index (κ1) is 17.1. The third kappa shape index (κ3) is 3.10. The number of nitrogens with zero attached hydrogens (tertiary/aromatic N) is 2. The number of anilines is 1. The monoisotopic (exact) mass is 378 g/mol. The molecule has 5 rings (SSSR count). The molecule has 1 saturated heterocycles. The van der Waals surface area contributed by atoms with Gasteiger partial charge in [0.2, 0.25) is 0 Å². The van der Waals surface area contributed by atoms with E-state index >= 15 is 0 Å². The summed E-state index contributed by atoms with van der Waals surface area (Å²) < 4.78 is 16.8. The first-order chi connectivity index (χ1) is 13.7. The summed E-state index contributed by atoms with van der Waals surface area (Å²) >= 11 is 0. The van der Waals surface area contributed by atoms with Crippen LogP contribution in [0.5, 0.6) is 11.5 Å². The molecule has 6 nitrogen and oxygen atoms in total. The molecule has 0 bridgehead atoms. The average molecular weight is 378 g/mol. The molecule has 0 unspecified atom stereocenters. The normalized spacial score (nSPS) is 17.1. The van der Waals surface area contributed by atoms with Gasteiger partial charge < -0.3 is 23.7 Å². The first-order valence-corrected chi connectivity index (χ1v) is 9.59. The lowest BCUT2D eigenvalue weighted by atomic mass is 10.1. The Morgan fingerprint density at radius 3 is 2.46 bits per heavy atom. The minimum absolute atomic E-state index is 0.321. The van der Waals surface area contributed by atoms with Gasteiger partial charge in [-0.05, 0) is 48.8 Å². The minimum Gasteiger partial charge on any atom is -0.486 e. The number of likely N-dealkylation sites (N-methyl/N-ethyl adjacent to an activating group) is 1. The third-order valence-electron chi connectivity index (χ3n) is 5.44. The number of hydrogen-bond acceptors (Lipinski definition) is 6. The van der Waals surface area contributed by atoms with Crippen LogP contribution in [0.4, 0.5) is 5.69 Å². The maximum atomic E-state index is 12.7. The van der Waals surface area contributed by atoms with Crippen molar-refractivity contribution in [3.63, 3.8) is 0 Å². The molecule has 0 aliphatic carbocycles. The second-order valence-corrected chi connectivity index (χ2v) is 7.32. The van der Waals surface area contributed by atoms with Crippen LogP contribution in [0.2, 0.25) is 0 Å². The van der Waals surface area contributed by atoms with Crippen molar-refractivity contribution < 1.29 is 13.9 Å². The van der Waals surface area contributed by atoms with Gasteiger partial charge >= 0.3 is 5.63 Å². The number of benzene rings is 2. The van der Waals surface area contributed by atoms with Gasteiger partial charge in [0.25, 0.3) is 0 Å². The van der Waals surface area contributed by atoms with E-state index in [1.807, 2.05) is 36.4 Å². The van der Waals surface area contributed by atoms with Crippen molar-refractivity contribution in [2.24, 2.45) is 0 Å². The Kier molecular flexibility index (Phi) is 4.20. The summed E-state index contributed by atoms with van der Waals surface area (Å²) in [7, 11) is 2.13. The fourth-order valence-electron chi connectivity index (χ4n) is 3.77. The van der Waals surface area contributed by atoms with E-state index in [0.29, 0.717) is 30.1 Å². The van der Waals surface area contributed by atoms with E-state index in [-0.39, 0.29) is 5.63 Å². The summed E-state index contributed by atoms with van der Waals surface area (Å²) in [6.07, 6.45) is 0. The molecule has 144 valence electrons. The standard InChI is InChI=1S/C22H22N2O4/c1-23-6-8-24(9-7-23)17-4-2-15-12-20(28-22(25)18(15)14-17)16-3-5-19-21(13-16)27-11-10-26-19/h2-5,12-14H,6-11H2,1H3. The van der Waals surface area contributed by atoms with Crippen LogP contribution < -0.4 is 20.0 Å². The van der Waals surface area contributed by atoms with E-state index in [9.17, 15) is 4.79 Å². The van der Waals surface area contributed by atoms with Crippen LogP contribution in [0, 0.1) is 0 Å². The van der Waals surface area contributed by atoms with Gasteiger partial charge in [0.05, 0.1) is 5.39 Å². The summed E-state index contributed by atoms with van der Waals surface area (Å²) in [5.41, 5.74) is 1.55. The molecule has 3 aromatic rings. The summed E-state index contributed by atoms with van der Waals surface area (Å²) in [6, 6.07) is 13.5. The fourth-order valence-corrected chi connectivity index (χ4v) is 3.77. The van der Waals surface area contributed by atoms with Gasteiger partial charge in [0.1, 0.15) is 19.0 Å². The maximum Gasteiger partial charge on any atom is 0.344 e. The van der Waals surface area contributed by atoms with E-state index in [0.717, 1.165) is 48.6 Å². The molecular weight excluding hydrogens is 356 g/mol. The summed E-state index contributed by atoms with van der Waals surface area (Å²) in [4.78, 5) is 17.3. The number of ether oxygens (including phenoxy) is 2. The van der Waals surface area contributed by atoms with Gasteiger partial charge in [-0.2, -0.15) is 0 Å². The van der Waals surface area contributed by atoms with E-state index in [2.05, 4.69) is 22.9 Å². The van der Waals surface area contributed by atoms with Crippen molar-refractivity contribution >= 4 is 16.5 Å². The second-order valence-electron chi connectivity index (χ2n) is 7.32. The maximum absolute atomic E-state index is 12.7. The van der Waals surface area contributed by atoms with Gasteiger partial charge in [0, 0.05) is 37.4 Å². The van der Waals surface area contributed by atoms with Crippen molar-refractivity contribution in [3.05, 3.63) is 52.9 Å². The number of piperazine rings is 1. The highest BCUT2D eigenvalue weighted by Crippen LogP contribution is 2.35. The van der Waals surface area contributed by atoms with Gasteiger partial charge in [-0.3, -0.25) is 0 Å². The van der Waals surface area contributed by atoms with Crippen LogP contribution in [-0.4, -0.2) is 51.3 Å². The first-order valence-electron chi connectivity index (χ1n) is 9.59. The predicted octanol–water partition coefficient (Wildman–Crippen LogP) is 2.98. The van der Waals surface area contributed by atoms with Gasteiger partial charge in [-0.1, -0.05) is 6.07 Å². The Labute approximate surface area is 162 Å². The Balaban J connectivity index is 1.51. The van der Waals surface area contributed by atoms with Crippen LogP contribution in [0.1, 0.15) is 0 Å². The van der Waals surface area contributed by atoms with Crippen LogP contribution in [0.25, 0.3) is 22.1 Å². The van der Waals surface area contributed by atoms with Crippen molar-refractivity contribution in [2.75, 3.05) is 51.3 Å². The number of fused-ring (bicyclic) bond motifs is 2. The lowest BCUT2D eigenvalue weighted by molar-refractivity contribution is 0.171. The molecule has 2 aromatic carbocycles. The molecule has 3 heterocycles. The average Bonchev–Trinajstić information content (AvgIpc) is 2.74. The van der Waals surface area contributed by atoms with Gasteiger partial charge in [-0.15, -0.1) is 0 Å². The molecule has 0 amide bonds.